The Morgan fingerprint density at radius 2 is 1.27 bits per heavy atom. The Hall–Kier alpha value is -5.68. The van der Waals surface area contributed by atoms with Crippen LogP contribution >= 0.6 is 0 Å². The number of halogens is 3. The molecule has 2 aromatic rings. The second kappa shape index (κ2) is 16.7. The number of phenols is 1. The van der Waals surface area contributed by atoms with E-state index in [1.54, 1.807) is 0 Å². The third kappa shape index (κ3) is 13.3. The molecule has 0 saturated heterocycles. The number of nitrogen functional groups attached to an aromatic ring is 1. The van der Waals surface area contributed by atoms with Gasteiger partial charge in [0.1, 0.15) is 23.7 Å². The number of carbonyl (C=O) groups excluding carboxylic acids is 3. The van der Waals surface area contributed by atoms with Crippen LogP contribution in [-0.4, -0.2) is 86.7 Å². The lowest BCUT2D eigenvalue weighted by molar-refractivity contribution is -0.192. The number of carbonyl (C=O) groups is 6. The van der Waals surface area contributed by atoms with Gasteiger partial charge in [-0.1, -0.05) is 24.3 Å². The molecule has 0 fully saturated rings. The summed E-state index contributed by atoms with van der Waals surface area (Å²) in [5, 5.41) is 49.4. The van der Waals surface area contributed by atoms with Gasteiger partial charge in [0, 0.05) is 30.5 Å². The van der Waals surface area contributed by atoms with E-state index in [0.29, 0.717) is 11.1 Å². The van der Waals surface area contributed by atoms with Crippen LogP contribution in [0.15, 0.2) is 48.5 Å². The van der Waals surface area contributed by atoms with Gasteiger partial charge in [-0.25, -0.2) is 14.4 Å². The van der Waals surface area contributed by atoms with E-state index >= 15 is 0 Å². The molecule has 18 heteroatoms. The largest absolute Gasteiger partial charge is 0.508 e. The van der Waals surface area contributed by atoms with Crippen LogP contribution in [0.25, 0.3) is 0 Å². The Kier molecular flexibility index (Phi) is 13.8. The van der Waals surface area contributed by atoms with Gasteiger partial charge in [0.15, 0.2) is 0 Å². The molecule has 0 heterocycles. The van der Waals surface area contributed by atoms with Gasteiger partial charge in [0.25, 0.3) is 5.91 Å². The SMILES string of the molecule is N=C(N)c1ccc(C(=O)NCCC(=O)N[C@@H](CC(=O)N[C@@H](Cc2ccc(O)cc2)C(=O)O)C(=O)O)cc1.O=C(O)C(F)(F)F. The van der Waals surface area contributed by atoms with Crippen LogP contribution in [0.1, 0.15) is 34.3 Å². The quantitative estimate of drug-likeness (QED) is 0.107. The van der Waals surface area contributed by atoms with Crippen molar-refractivity contribution in [3.63, 3.8) is 0 Å². The number of carboxylic acid groups (broad SMARTS) is 3. The summed E-state index contributed by atoms with van der Waals surface area (Å²) < 4.78 is 31.7. The van der Waals surface area contributed by atoms with Crippen molar-refractivity contribution < 1.29 is 62.4 Å². The minimum Gasteiger partial charge on any atom is -0.508 e. The van der Waals surface area contributed by atoms with Crippen molar-refractivity contribution in [2.45, 2.75) is 37.5 Å². The first-order valence-corrected chi connectivity index (χ1v) is 12.3. The molecule has 10 N–H and O–H groups in total. The molecule has 0 radical (unpaired) electrons. The summed E-state index contributed by atoms with van der Waals surface area (Å²) in [6, 6.07) is 8.60. The minimum atomic E-state index is -5.08. The fourth-order valence-electron chi connectivity index (χ4n) is 3.17. The number of benzene rings is 2. The van der Waals surface area contributed by atoms with E-state index in [1.165, 1.54) is 48.5 Å². The van der Waals surface area contributed by atoms with Gasteiger partial charge < -0.3 is 42.1 Å². The maximum Gasteiger partial charge on any atom is 0.490 e. The van der Waals surface area contributed by atoms with E-state index in [1.807, 2.05) is 0 Å². The minimum absolute atomic E-state index is 0.0115. The molecule has 0 spiro atoms. The summed E-state index contributed by atoms with van der Waals surface area (Å²) in [7, 11) is 0. The normalized spacial score (nSPS) is 11.9. The molecule has 0 aliphatic rings. The molecule has 0 bridgehead atoms. The number of aliphatic carboxylic acids is 3. The molecule has 0 aliphatic heterocycles. The Morgan fingerprint density at radius 1 is 0.795 bits per heavy atom. The number of aromatic hydroxyl groups is 1. The van der Waals surface area contributed by atoms with Crippen LogP contribution in [0.4, 0.5) is 13.2 Å². The molecule has 2 rings (SSSR count). The summed E-state index contributed by atoms with van der Waals surface area (Å²) in [5.41, 5.74) is 6.58. The standard InChI is InChI=1S/C24H27N5O8.C2HF3O2/c25-21(26)14-3-5-15(6-4-14)22(33)27-10-9-19(31)28-18(24(36)37)12-20(32)29-17(23(34)35)11-13-1-7-16(30)8-2-13;3-2(4,5)1(6)7/h1-8,17-18,30H,9-12H2,(H3,25,26)(H,27,33)(H,28,31)(H,29,32)(H,34,35)(H,36,37);(H,6,7)/t17-,18-;/m0./s1. The van der Waals surface area contributed by atoms with Crippen molar-refractivity contribution in [3.05, 3.63) is 65.2 Å². The molecule has 0 unspecified atom stereocenters. The first-order valence-electron chi connectivity index (χ1n) is 12.3. The molecular weight excluding hydrogens is 599 g/mol. The van der Waals surface area contributed by atoms with Crippen LogP contribution in [0.2, 0.25) is 0 Å². The third-order valence-corrected chi connectivity index (χ3v) is 5.37. The first kappa shape index (κ1) is 36.3. The summed E-state index contributed by atoms with van der Waals surface area (Å²) in [6.45, 7) is -0.120. The number of phenolic OH excluding ortho intramolecular Hbond substituents is 1. The van der Waals surface area contributed by atoms with Crippen molar-refractivity contribution in [2.75, 3.05) is 6.54 Å². The van der Waals surface area contributed by atoms with Crippen molar-refractivity contribution >= 4 is 41.5 Å². The topological polar surface area (TPSA) is 269 Å². The Labute approximate surface area is 246 Å². The average molecular weight is 628 g/mol. The van der Waals surface area contributed by atoms with Crippen LogP contribution in [0.5, 0.6) is 5.75 Å². The summed E-state index contributed by atoms with van der Waals surface area (Å²) in [5.74, 6) is -7.90. The average Bonchev–Trinajstić information content (AvgIpc) is 2.93. The van der Waals surface area contributed by atoms with Gasteiger partial charge >= 0.3 is 24.1 Å². The number of carboxylic acids is 3. The monoisotopic (exact) mass is 627 g/mol. The van der Waals surface area contributed by atoms with E-state index < -0.39 is 60.3 Å². The van der Waals surface area contributed by atoms with Gasteiger partial charge in [-0.3, -0.25) is 19.8 Å². The molecule has 15 nitrogen and oxygen atoms in total. The van der Waals surface area contributed by atoms with Crippen LogP contribution in [-0.2, 0) is 30.4 Å². The van der Waals surface area contributed by atoms with Gasteiger partial charge in [-0.05, 0) is 29.8 Å². The molecule has 44 heavy (non-hydrogen) atoms. The summed E-state index contributed by atoms with van der Waals surface area (Å²) in [4.78, 5) is 68.6. The maximum absolute atomic E-state index is 12.3. The molecule has 0 aliphatic carbocycles. The third-order valence-electron chi connectivity index (χ3n) is 5.37. The van der Waals surface area contributed by atoms with Crippen molar-refractivity contribution in [1.82, 2.24) is 16.0 Å². The van der Waals surface area contributed by atoms with E-state index in [4.69, 9.17) is 21.0 Å². The zero-order valence-corrected chi connectivity index (χ0v) is 22.6. The van der Waals surface area contributed by atoms with Crippen LogP contribution in [0, 0.1) is 5.41 Å². The second-order valence-electron chi connectivity index (χ2n) is 8.79. The highest BCUT2D eigenvalue weighted by Gasteiger charge is 2.38. The van der Waals surface area contributed by atoms with E-state index in [2.05, 4.69) is 16.0 Å². The van der Waals surface area contributed by atoms with Gasteiger partial charge in [0.05, 0.1) is 6.42 Å². The number of nitrogens with one attached hydrogen (secondary N) is 4. The number of rotatable bonds is 13. The van der Waals surface area contributed by atoms with E-state index in [0.717, 1.165) is 0 Å². The molecule has 3 amide bonds. The fraction of sp³-hybridized carbons (Fsp3) is 0.269. The van der Waals surface area contributed by atoms with Gasteiger partial charge in [-0.15, -0.1) is 0 Å². The molecule has 0 aromatic heterocycles. The molecule has 0 saturated carbocycles. The highest BCUT2D eigenvalue weighted by Crippen LogP contribution is 2.13. The fourth-order valence-corrected chi connectivity index (χ4v) is 3.17. The number of hydrogen-bond acceptors (Lipinski definition) is 8. The zero-order valence-electron chi connectivity index (χ0n) is 22.6. The summed E-state index contributed by atoms with van der Waals surface area (Å²) in [6.07, 6.45) is -6.18. The number of amides is 3. The number of alkyl halides is 3. The smallest absolute Gasteiger partial charge is 0.490 e. The zero-order chi connectivity index (χ0) is 33.6. The Balaban J connectivity index is 0.00000123. The van der Waals surface area contributed by atoms with Crippen LogP contribution < -0.4 is 21.7 Å². The number of amidine groups is 1. The predicted octanol–water partition coefficient (Wildman–Crippen LogP) is 0.201. The van der Waals surface area contributed by atoms with Crippen LogP contribution in [0.3, 0.4) is 0 Å². The number of hydrogen-bond donors (Lipinski definition) is 9. The lowest BCUT2D eigenvalue weighted by atomic mass is 10.1. The Bertz CT molecular complexity index is 1370. The van der Waals surface area contributed by atoms with Crippen molar-refractivity contribution in [1.29, 1.82) is 5.41 Å². The second-order valence-corrected chi connectivity index (χ2v) is 8.79. The summed E-state index contributed by atoms with van der Waals surface area (Å²) >= 11 is 0. The lowest BCUT2D eigenvalue weighted by Gasteiger charge is -2.18. The molecule has 2 atom stereocenters. The molecule has 2 aromatic carbocycles. The molecule has 238 valence electrons. The highest BCUT2D eigenvalue weighted by molar-refractivity contribution is 5.98. The van der Waals surface area contributed by atoms with Gasteiger partial charge in [0.2, 0.25) is 11.8 Å². The van der Waals surface area contributed by atoms with Crippen molar-refractivity contribution in [2.24, 2.45) is 5.73 Å². The number of nitrogens with two attached hydrogens (primary N) is 1. The lowest BCUT2D eigenvalue weighted by Crippen LogP contribution is -2.48. The predicted molar refractivity (Wildman–Crippen MR) is 144 cm³/mol. The highest BCUT2D eigenvalue weighted by atomic mass is 19.4. The Morgan fingerprint density at radius 3 is 1.73 bits per heavy atom. The van der Waals surface area contributed by atoms with Crippen molar-refractivity contribution in [3.8, 4) is 5.75 Å². The first-order chi connectivity index (χ1) is 20.4. The van der Waals surface area contributed by atoms with E-state index in [9.17, 15) is 52.5 Å². The van der Waals surface area contributed by atoms with E-state index in [-0.39, 0.29) is 36.5 Å². The van der Waals surface area contributed by atoms with Gasteiger partial charge in [-0.2, -0.15) is 13.2 Å². The molecular formula is C26H28F3N5O10. The maximum atomic E-state index is 12.3.